The molecule has 25 heavy (non-hydrogen) atoms. The molecule has 1 rings (SSSR count). The Labute approximate surface area is 150 Å². The Balaban J connectivity index is 2.72. The molecule has 140 valence electrons. The van der Waals surface area contributed by atoms with E-state index >= 15 is 0 Å². The van der Waals surface area contributed by atoms with Gasteiger partial charge in [-0.1, -0.05) is 12.1 Å². The smallest absolute Gasteiger partial charge is 0.374 e. The van der Waals surface area contributed by atoms with Crippen molar-refractivity contribution in [2.75, 3.05) is 19.8 Å². The van der Waals surface area contributed by atoms with Crippen LogP contribution in [-0.4, -0.2) is 37.0 Å². The number of hydrogen-bond acceptors (Lipinski definition) is 5. The molecule has 1 aromatic carbocycles. The third kappa shape index (κ3) is 6.77. The van der Waals surface area contributed by atoms with Crippen molar-refractivity contribution < 1.29 is 21.7 Å². The Morgan fingerprint density at radius 3 is 2.00 bits per heavy atom. The van der Waals surface area contributed by atoms with Crippen molar-refractivity contribution in [2.24, 2.45) is 4.52 Å². The van der Waals surface area contributed by atoms with E-state index in [1.807, 2.05) is 20.8 Å². The van der Waals surface area contributed by atoms with Crippen molar-refractivity contribution in [1.29, 1.82) is 0 Å². The molecule has 0 bridgehead atoms. The van der Waals surface area contributed by atoms with Crippen LogP contribution in [0, 0.1) is 0 Å². The molecule has 0 aliphatic rings. The molecular weight excluding hydrogens is 362 g/mol. The summed E-state index contributed by atoms with van der Waals surface area (Å²) in [5.74, 6) is 0. The van der Waals surface area contributed by atoms with Gasteiger partial charge in [0.25, 0.3) is 10.0 Å². The molecule has 0 spiro atoms. The van der Waals surface area contributed by atoms with Gasteiger partial charge in [-0.2, -0.15) is 0 Å². The summed E-state index contributed by atoms with van der Waals surface area (Å²) in [7, 11) is -6.59. The predicted octanol–water partition coefficient (Wildman–Crippen LogP) is 3.67. The Hall–Kier alpha value is -1.42. The summed E-state index contributed by atoms with van der Waals surface area (Å²) in [5.41, 5.74) is 9.27. The summed E-state index contributed by atoms with van der Waals surface area (Å²) in [4.78, 5) is 2.32. The highest BCUT2D eigenvalue weighted by Crippen LogP contribution is 2.21. The van der Waals surface area contributed by atoms with Crippen molar-refractivity contribution in [3.05, 3.63) is 40.3 Å². The maximum Gasteiger partial charge on any atom is 0.500 e. The zero-order valence-corrected chi connectivity index (χ0v) is 16.7. The second-order valence-electron chi connectivity index (χ2n) is 5.13. The van der Waals surface area contributed by atoms with Crippen molar-refractivity contribution in [2.45, 2.75) is 44.6 Å². The number of azide groups is 1. The van der Waals surface area contributed by atoms with E-state index in [4.69, 9.17) is 18.8 Å². The lowest BCUT2D eigenvalue weighted by Gasteiger charge is -2.28. The maximum absolute atomic E-state index is 11.6. The molecule has 0 saturated heterocycles. The van der Waals surface area contributed by atoms with Gasteiger partial charge in [0.2, 0.25) is 0 Å². The molecule has 0 aliphatic heterocycles. The number of nitrogens with zero attached hydrogens (tertiary/aromatic N) is 3. The van der Waals surface area contributed by atoms with Gasteiger partial charge in [-0.25, -0.2) is 8.42 Å². The predicted molar refractivity (Wildman–Crippen MR) is 96.5 cm³/mol. The van der Waals surface area contributed by atoms with E-state index in [1.54, 1.807) is 12.1 Å². The average molecular weight is 388 g/mol. The van der Waals surface area contributed by atoms with Crippen molar-refractivity contribution >= 4 is 18.8 Å². The summed E-state index contributed by atoms with van der Waals surface area (Å²) in [6.45, 7) is 7.38. The van der Waals surface area contributed by atoms with Crippen LogP contribution in [0.3, 0.4) is 0 Å². The Kier molecular flexibility index (Phi) is 9.12. The first-order valence-electron chi connectivity index (χ1n) is 8.25. The van der Waals surface area contributed by atoms with E-state index in [-0.39, 0.29) is 4.90 Å². The molecule has 0 aromatic heterocycles. The van der Waals surface area contributed by atoms with Crippen LogP contribution in [0.15, 0.2) is 33.7 Å². The zero-order valence-electron chi connectivity index (χ0n) is 14.8. The quantitative estimate of drug-likeness (QED) is 0.235. The van der Waals surface area contributed by atoms with Crippen LogP contribution in [0.4, 0.5) is 0 Å². The Morgan fingerprint density at radius 1 is 1.04 bits per heavy atom. The molecule has 0 heterocycles. The van der Waals surface area contributed by atoms with Crippen LogP contribution in [-0.2, 0) is 29.7 Å². The first-order chi connectivity index (χ1) is 11.9. The van der Waals surface area contributed by atoms with E-state index in [2.05, 4.69) is 9.43 Å². The highest BCUT2D eigenvalue weighted by atomic mass is 32.2. The van der Waals surface area contributed by atoms with Crippen LogP contribution >= 0.6 is 0 Å². The molecule has 0 saturated carbocycles. The minimum atomic E-state index is -3.94. The van der Waals surface area contributed by atoms with Gasteiger partial charge in [0.1, 0.15) is 0 Å². The fourth-order valence-corrected chi connectivity index (χ4v) is 5.72. The van der Waals surface area contributed by atoms with E-state index < -0.39 is 18.8 Å². The van der Waals surface area contributed by atoms with Gasteiger partial charge in [0.05, 0.1) is 4.90 Å². The van der Waals surface area contributed by atoms with Gasteiger partial charge >= 0.3 is 8.80 Å². The van der Waals surface area contributed by atoms with Gasteiger partial charge in [0.15, 0.2) is 0 Å². The normalized spacial score (nSPS) is 12.0. The first kappa shape index (κ1) is 21.6. The lowest BCUT2D eigenvalue weighted by Crippen LogP contribution is -2.46. The summed E-state index contributed by atoms with van der Waals surface area (Å²) < 4.78 is 43.5. The van der Waals surface area contributed by atoms with Crippen molar-refractivity contribution in [1.82, 2.24) is 0 Å². The summed E-state index contributed by atoms with van der Waals surface area (Å²) in [6, 6.07) is 7.01. The van der Waals surface area contributed by atoms with Crippen LogP contribution in [0.25, 0.3) is 10.4 Å². The summed E-state index contributed by atoms with van der Waals surface area (Å²) in [5, 5.41) is 0. The number of aryl methyl sites for hydroxylation is 1. The van der Waals surface area contributed by atoms with E-state index in [1.165, 1.54) is 12.1 Å². The summed E-state index contributed by atoms with van der Waals surface area (Å²) in [6.07, 6.45) is 1.54. The maximum atomic E-state index is 11.6. The minimum Gasteiger partial charge on any atom is -0.374 e. The average Bonchev–Trinajstić information content (AvgIpc) is 2.56. The standard InChI is InChI=1S/C15H25N3O5SSi/c1-4-21-25(22-5-2,23-6-3)13-7-8-14-9-11-15(12-10-14)24(19,20)18-17-16/h9-12H,4-8,13H2,1-3H3. The fourth-order valence-electron chi connectivity index (χ4n) is 2.43. The molecule has 0 radical (unpaired) electrons. The molecule has 0 unspecified atom stereocenters. The van der Waals surface area contributed by atoms with Crippen molar-refractivity contribution in [3.8, 4) is 0 Å². The van der Waals surface area contributed by atoms with Crippen LogP contribution in [0.1, 0.15) is 32.8 Å². The molecule has 0 amide bonds. The van der Waals surface area contributed by atoms with Gasteiger partial charge in [0, 0.05) is 35.3 Å². The SMILES string of the molecule is CCO[Si](CCCc1ccc(S(=O)(=O)N=[N+]=[N-])cc1)(OCC)OCC. The molecule has 0 aliphatic carbocycles. The van der Waals surface area contributed by atoms with E-state index in [0.29, 0.717) is 25.9 Å². The minimum absolute atomic E-state index is 0.0179. The molecule has 1 aromatic rings. The van der Waals surface area contributed by atoms with Gasteiger partial charge < -0.3 is 13.3 Å². The Morgan fingerprint density at radius 2 is 1.56 bits per heavy atom. The number of rotatable bonds is 12. The Bertz CT molecular complexity index is 658. The van der Waals surface area contributed by atoms with Crippen LogP contribution in [0.2, 0.25) is 6.04 Å². The third-order valence-electron chi connectivity index (χ3n) is 3.41. The molecule has 0 fully saturated rings. The largest absolute Gasteiger partial charge is 0.500 e. The second kappa shape index (κ2) is 10.5. The lowest BCUT2D eigenvalue weighted by molar-refractivity contribution is 0.0708. The molecular formula is C15H25N3O5SSi. The molecule has 0 atom stereocenters. The first-order valence-corrected chi connectivity index (χ1v) is 11.6. The summed E-state index contributed by atoms with van der Waals surface area (Å²) >= 11 is 0. The zero-order chi connectivity index (χ0) is 18.8. The van der Waals surface area contributed by atoms with Gasteiger partial charge in [-0.3, -0.25) is 0 Å². The number of sulfonamides is 1. The fraction of sp³-hybridized carbons (Fsp3) is 0.600. The molecule has 0 N–H and O–H groups in total. The highest BCUT2D eigenvalue weighted by molar-refractivity contribution is 7.90. The third-order valence-corrected chi connectivity index (χ3v) is 7.71. The lowest BCUT2D eigenvalue weighted by atomic mass is 10.1. The van der Waals surface area contributed by atoms with Gasteiger partial charge in [-0.15, -0.1) is 0 Å². The highest BCUT2D eigenvalue weighted by Gasteiger charge is 2.39. The topological polar surface area (TPSA) is 111 Å². The van der Waals surface area contributed by atoms with Crippen molar-refractivity contribution in [3.63, 3.8) is 0 Å². The monoisotopic (exact) mass is 387 g/mol. The van der Waals surface area contributed by atoms with Crippen LogP contribution < -0.4 is 0 Å². The second-order valence-corrected chi connectivity index (χ2v) is 9.44. The van der Waals surface area contributed by atoms with E-state index in [9.17, 15) is 8.42 Å². The number of hydrogen-bond donors (Lipinski definition) is 0. The molecule has 8 nitrogen and oxygen atoms in total. The van der Waals surface area contributed by atoms with Gasteiger partial charge in [-0.05, 0) is 56.8 Å². The van der Waals surface area contributed by atoms with E-state index in [0.717, 1.165) is 18.4 Å². The number of benzene rings is 1. The molecule has 10 heteroatoms. The van der Waals surface area contributed by atoms with Crippen LogP contribution in [0.5, 0.6) is 0 Å².